The second-order valence-electron chi connectivity index (χ2n) is 4.16. The lowest BCUT2D eigenvalue weighted by Gasteiger charge is -1.92. The van der Waals surface area contributed by atoms with Crippen LogP contribution in [0.5, 0.6) is 0 Å². The van der Waals surface area contributed by atoms with E-state index in [0.29, 0.717) is 5.56 Å². The van der Waals surface area contributed by atoms with Gasteiger partial charge < -0.3 is 14.3 Å². The van der Waals surface area contributed by atoms with Gasteiger partial charge in [-0.15, -0.1) is 4.99 Å². The summed E-state index contributed by atoms with van der Waals surface area (Å²) in [4.78, 5) is 13.9. The summed E-state index contributed by atoms with van der Waals surface area (Å²) in [6.45, 7) is 0. The standard InChI is InChI=1S/C13H8N4O5/c18-16(19)11-7-6-10(21-11)8-14-13-12(15-22-17(13)20)9-4-2-1-3-5-9/h1-8H. The molecule has 22 heavy (non-hydrogen) atoms. The lowest BCUT2D eigenvalue weighted by Crippen LogP contribution is -2.22. The lowest BCUT2D eigenvalue weighted by atomic mass is 10.1. The number of nitro groups is 1. The zero-order valence-corrected chi connectivity index (χ0v) is 10.9. The van der Waals surface area contributed by atoms with Crippen LogP contribution in [0, 0.1) is 15.3 Å². The molecule has 0 bridgehead atoms. The number of aromatic nitrogens is 2. The molecule has 0 fully saturated rings. The highest BCUT2D eigenvalue weighted by Gasteiger charge is 2.20. The van der Waals surface area contributed by atoms with Gasteiger partial charge in [-0.1, -0.05) is 35.2 Å². The number of benzene rings is 1. The molecule has 0 spiro atoms. The van der Waals surface area contributed by atoms with E-state index in [1.165, 1.54) is 18.3 Å². The molecule has 0 atom stereocenters. The van der Waals surface area contributed by atoms with E-state index in [4.69, 9.17) is 4.42 Å². The highest BCUT2D eigenvalue weighted by atomic mass is 16.8. The van der Waals surface area contributed by atoms with Gasteiger partial charge in [0.25, 0.3) is 0 Å². The van der Waals surface area contributed by atoms with E-state index in [9.17, 15) is 15.3 Å². The largest absolute Gasteiger partial charge is 0.433 e. The Balaban J connectivity index is 1.93. The number of nitrogens with zero attached hydrogens (tertiary/aromatic N) is 4. The molecule has 0 saturated heterocycles. The molecule has 2 aromatic heterocycles. The highest BCUT2D eigenvalue weighted by molar-refractivity contribution is 5.80. The van der Waals surface area contributed by atoms with Crippen LogP contribution in [0.25, 0.3) is 11.3 Å². The van der Waals surface area contributed by atoms with E-state index in [-0.39, 0.29) is 22.2 Å². The summed E-state index contributed by atoms with van der Waals surface area (Å²) in [6, 6.07) is 11.4. The smallest absolute Gasteiger partial charge is 0.398 e. The minimum Gasteiger partial charge on any atom is -0.398 e. The number of hydrogen-bond donors (Lipinski definition) is 0. The molecular weight excluding hydrogens is 292 g/mol. The fourth-order valence-electron chi connectivity index (χ4n) is 1.76. The SMILES string of the molecule is O=[N+]([O-])c1ccc(C=Nc2c(-c3ccccc3)no[n+]2[O-])o1. The molecule has 0 radical (unpaired) electrons. The summed E-state index contributed by atoms with van der Waals surface area (Å²) in [5.74, 6) is -0.359. The van der Waals surface area contributed by atoms with Gasteiger partial charge in [0.1, 0.15) is 11.1 Å². The Labute approximate surface area is 122 Å². The molecule has 0 saturated carbocycles. The number of rotatable bonds is 4. The van der Waals surface area contributed by atoms with Crippen LogP contribution in [0.4, 0.5) is 11.7 Å². The normalized spacial score (nSPS) is 11.1. The Morgan fingerprint density at radius 3 is 2.68 bits per heavy atom. The number of hydrogen-bond acceptors (Lipinski definition) is 7. The van der Waals surface area contributed by atoms with Gasteiger partial charge in [0.2, 0.25) is 5.69 Å². The lowest BCUT2D eigenvalue weighted by molar-refractivity contribution is -0.791. The van der Waals surface area contributed by atoms with Crippen molar-refractivity contribution < 1.29 is 18.9 Å². The second-order valence-corrected chi connectivity index (χ2v) is 4.16. The van der Waals surface area contributed by atoms with Crippen molar-refractivity contribution in [2.24, 2.45) is 4.99 Å². The van der Waals surface area contributed by atoms with Gasteiger partial charge in [0.15, 0.2) is 5.76 Å². The Bertz CT molecular complexity index is 837. The van der Waals surface area contributed by atoms with Crippen LogP contribution in [0.2, 0.25) is 0 Å². The minimum absolute atomic E-state index is 0.0785. The van der Waals surface area contributed by atoms with Crippen molar-refractivity contribution in [1.29, 1.82) is 0 Å². The third-order valence-electron chi connectivity index (χ3n) is 2.74. The summed E-state index contributed by atoms with van der Waals surface area (Å²) in [5, 5.41) is 25.8. The van der Waals surface area contributed by atoms with Gasteiger partial charge in [-0.05, 0) is 11.2 Å². The van der Waals surface area contributed by atoms with Crippen molar-refractivity contribution in [3.8, 4) is 11.3 Å². The maximum atomic E-state index is 11.6. The first kappa shape index (κ1) is 13.5. The van der Waals surface area contributed by atoms with Crippen LogP contribution >= 0.6 is 0 Å². The van der Waals surface area contributed by atoms with Crippen molar-refractivity contribution in [3.63, 3.8) is 0 Å². The van der Waals surface area contributed by atoms with Crippen LogP contribution in [0.3, 0.4) is 0 Å². The molecule has 9 heteroatoms. The molecule has 0 amide bonds. The predicted molar refractivity (Wildman–Crippen MR) is 73.5 cm³/mol. The van der Waals surface area contributed by atoms with Gasteiger partial charge in [-0.3, -0.25) is 10.1 Å². The van der Waals surface area contributed by atoms with Crippen LogP contribution in [-0.2, 0) is 0 Å². The Morgan fingerprint density at radius 2 is 2.00 bits per heavy atom. The Hall–Kier alpha value is -3.49. The van der Waals surface area contributed by atoms with Gasteiger partial charge >= 0.3 is 11.7 Å². The number of aliphatic imine (C=N–C) groups is 1. The van der Waals surface area contributed by atoms with Crippen LogP contribution < -0.4 is 4.90 Å². The molecule has 0 N–H and O–H groups in total. The Kier molecular flexibility index (Phi) is 3.36. The third-order valence-corrected chi connectivity index (χ3v) is 2.74. The van der Waals surface area contributed by atoms with Crippen molar-refractivity contribution in [1.82, 2.24) is 5.16 Å². The van der Waals surface area contributed by atoms with Gasteiger partial charge in [0.05, 0.1) is 6.07 Å². The van der Waals surface area contributed by atoms with E-state index >= 15 is 0 Å². The Morgan fingerprint density at radius 1 is 1.23 bits per heavy atom. The van der Waals surface area contributed by atoms with E-state index in [1.54, 1.807) is 24.3 Å². The average molecular weight is 300 g/mol. The fourth-order valence-corrected chi connectivity index (χ4v) is 1.76. The molecular formula is C13H8N4O5. The first-order valence-corrected chi connectivity index (χ1v) is 6.08. The summed E-state index contributed by atoms with van der Waals surface area (Å²) < 4.78 is 9.46. The molecule has 0 unspecified atom stereocenters. The summed E-state index contributed by atoms with van der Waals surface area (Å²) in [5.41, 5.74) is 0.909. The van der Waals surface area contributed by atoms with Crippen LogP contribution in [0.15, 0.2) is 56.5 Å². The maximum Gasteiger partial charge on any atom is 0.433 e. The maximum absolute atomic E-state index is 11.6. The van der Waals surface area contributed by atoms with Gasteiger partial charge in [-0.25, -0.2) is 0 Å². The summed E-state index contributed by atoms with van der Waals surface area (Å²) in [6.07, 6.45) is 1.18. The van der Waals surface area contributed by atoms with Crippen molar-refractivity contribution in [2.45, 2.75) is 0 Å². The van der Waals surface area contributed by atoms with Crippen LogP contribution in [0.1, 0.15) is 5.76 Å². The quantitative estimate of drug-likeness (QED) is 0.315. The molecule has 1 aromatic carbocycles. The molecule has 3 rings (SSSR count). The molecule has 3 aromatic rings. The topological polar surface area (TPSA) is 122 Å². The van der Waals surface area contributed by atoms with Crippen molar-refractivity contribution in [2.75, 3.05) is 0 Å². The molecule has 0 aliphatic carbocycles. The monoisotopic (exact) mass is 300 g/mol. The third kappa shape index (κ3) is 2.54. The van der Waals surface area contributed by atoms with E-state index in [2.05, 4.69) is 14.8 Å². The van der Waals surface area contributed by atoms with Crippen LogP contribution in [-0.4, -0.2) is 16.3 Å². The molecule has 0 aliphatic rings. The van der Waals surface area contributed by atoms with E-state index in [0.717, 1.165) is 0 Å². The molecule has 110 valence electrons. The summed E-state index contributed by atoms with van der Waals surface area (Å²) in [7, 11) is 0. The van der Waals surface area contributed by atoms with Crippen molar-refractivity contribution >= 4 is 17.9 Å². The summed E-state index contributed by atoms with van der Waals surface area (Å²) >= 11 is 0. The molecule has 2 heterocycles. The molecule has 0 aliphatic heterocycles. The fraction of sp³-hybridized carbons (Fsp3) is 0. The molecule has 9 nitrogen and oxygen atoms in total. The van der Waals surface area contributed by atoms with E-state index in [1.807, 2.05) is 6.07 Å². The number of furan rings is 1. The van der Waals surface area contributed by atoms with Gasteiger partial charge in [0, 0.05) is 5.56 Å². The zero-order chi connectivity index (χ0) is 15.5. The van der Waals surface area contributed by atoms with Gasteiger partial charge in [-0.2, -0.15) is 0 Å². The second kappa shape index (κ2) is 5.48. The first-order valence-electron chi connectivity index (χ1n) is 6.08. The highest BCUT2D eigenvalue weighted by Crippen LogP contribution is 2.25. The van der Waals surface area contributed by atoms with Crippen molar-refractivity contribution in [3.05, 3.63) is 63.5 Å². The van der Waals surface area contributed by atoms with E-state index < -0.39 is 10.8 Å². The average Bonchev–Trinajstić information content (AvgIpc) is 3.13. The zero-order valence-electron chi connectivity index (χ0n) is 10.9. The first-order chi connectivity index (χ1) is 10.6. The minimum atomic E-state index is -0.667. The predicted octanol–water partition coefficient (Wildman–Crippen LogP) is 2.23.